The van der Waals surface area contributed by atoms with Crippen LogP contribution in [0.1, 0.15) is 85.6 Å². The van der Waals surface area contributed by atoms with Gasteiger partial charge in [0.2, 0.25) is 34.9 Å². The summed E-state index contributed by atoms with van der Waals surface area (Å²) >= 11 is 0. The summed E-state index contributed by atoms with van der Waals surface area (Å²) in [5, 5.41) is 9.29. The number of rotatable bonds is 30. The first-order valence-electron chi connectivity index (χ1n) is 29.5. The van der Waals surface area contributed by atoms with E-state index in [1.54, 1.807) is 24.7 Å². The van der Waals surface area contributed by atoms with Gasteiger partial charge in [-0.3, -0.25) is 43.1 Å². The van der Waals surface area contributed by atoms with Crippen molar-refractivity contribution in [2.75, 3.05) is 63.8 Å². The van der Waals surface area contributed by atoms with Crippen LogP contribution >= 0.6 is 0 Å². The number of Topliss-reactive ketones (excluding diaryl/α,β-unsaturated/α-hetero) is 1. The van der Waals surface area contributed by atoms with E-state index in [4.69, 9.17) is 25.7 Å². The van der Waals surface area contributed by atoms with Crippen LogP contribution in [0, 0.1) is 31.6 Å². The summed E-state index contributed by atoms with van der Waals surface area (Å²) < 4.78 is 22.0. The number of likely N-dealkylation sites (tertiary alicyclic amines) is 1. The van der Waals surface area contributed by atoms with E-state index in [1.165, 1.54) is 9.58 Å². The van der Waals surface area contributed by atoms with Crippen LogP contribution in [0.15, 0.2) is 132 Å². The number of aryl methyl sites for hydroxylation is 2. The third-order valence-electron chi connectivity index (χ3n) is 15.7. The molecule has 0 spiro atoms. The van der Waals surface area contributed by atoms with E-state index in [0.717, 1.165) is 33.3 Å². The van der Waals surface area contributed by atoms with Gasteiger partial charge in [-0.2, -0.15) is 4.57 Å². The van der Waals surface area contributed by atoms with Gasteiger partial charge in [0.05, 0.1) is 69.3 Å². The second-order valence-corrected chi connectivity index (χ2v) is 22.3. The number of aromatic nitrogens is 3. The average Bonchev–Trinajstić information content (AvgIpc) is 1.78. The lowest BCUT2D eigenvalue weighted by Crippen LogP contribution is -2.45. The number of fused-ring (bicyclic) bond motifs is 1. The standard InChI is InChI=1S/C67H77N9O11/c1-42(2)61(72-56(78)29-32-85-34-36-87-37-35-86-33-31-74-57(79)38-44(4)65(74)82)55(77)40-50(16-13-30-70-67(69)84)64(81)71-51-25-21-46(22-26-51)41-75-45(5)20-23-48-39-49(24-28-54(48)75)58-43(3)19-27-53(60(58)68)63(80)59-62(47-14-9-7-10-15-47)73(6)76(66(59)83)52-17-11-8-12-18-52/h7-12,14-15,17-28,39,42,44,50,61H,13,16,29-38,40-41H2,1-6H3,(H6-,68,69,70,71,72,78,80,81,84)/p+1/t44?,50-,61+/m1/s1. The molecule has 3 heterocycles. The molecule has 0 saturated carbocycles. The van der Waals surface area contributed by atoms with Gasteiger partial charge in [-0.15, -0.1) is 0 Å². The number of nitrogen functional groups attached to an aromatic ring is 1. The molecule has 2 aromatic heterocycles. The maximum atomic E-state index is 14.8. The van der Waals surface area contributed by atoms with Crippen LogP contribution in [0.5, 0.6) is 0 Å². The van der Waals surface area contributed by atoms with Crippen molar-refractivity contribution in [1.29, 1.82) is 0 Å². The number of para-hydroxylation sites is 1. The fourth-order valence-electron chi connectivity index (χ4n) is 11.0. The van der Waals surface area contributed by atoms with Crippen molar-refractivity contribution in [1.82, 2.24) is 24.9 Å². The molecule has 8 rings (SSSR count). The highest BCUT2D eigenvalue weighted by Gasteiger charge is 2.35. The highest BCUT2D eigenvalue weighted by atomic mass is 16.5. The number of amides is 6. The van der Waals surface area contributed by atoms with E-state index in [2.05, 4.69) is 20.5 Å². The smallest absolute Gasteiger partial charge is 0.312 e. The highest BCUT2D eigenvalue weighted by molar-refractivity contribution is 6.16. The first kappa shape index (κ1) is 63.9. The minimum Gasteiger partial charge on any atom is -0.398 e. The number of ether oxygens (including phenoxy) is 3. The third kappa shape index (κ3) is 15.9. The molecule has 0 bridgehead atoms. The highest BCUT2D eigenvalue weighted by Crippen LogP contribution is 2.36. The van der Waals surface area contributed by atoms with Crippen LogP contribution in [0.3, 0.4) is 0 Å². The van der Waals surface area contributed by atoms with E-state index in [0.29, 0.717) is 41.2 Å². The largest absolute Gasteiger partial charge is 0.398 e. The Morgan fingerprint density at radius 2 is 1.44 bits per heavy atom. The zero-order valence-electron chi connectivity index (χ0n) is 50.3. The average molecular weight is 1190 g/mol. The Morgan fingerprint density at radius 1 is 0.770 bits per heavy atom. The number of hydrogen-bond donors (Lipinski definition) is 5. The number of nitrogens with zero attached hydrogens (tertiary/aromatic N) is 4. The Bertz CT molecular complexity index is 3690. The second kappa shape index (κ2) is 29.8. The molecular formula is C67H78N9O11+. The summed E-state index contributed by atoms with van der Waals surface area (Å²) in [7, 11) is 1.77. The SMILES string of the molecule is Cc1ccc(C(=O)c2c(-c3ccccc3)n(C)n(-c3ccccc3)c2=O)c(N)c1-c1ccc2c(ccc(C)[n+]2Cc2ccc(NC(=O)[C@H](CCCNC(N)=O)CC(=O)[C@@H](NC(=O)CCOCCOCCOCCN3C(=O)CC(C)C3=O)C(C)C)cc2)c1. The molecule has 20 heteroatoms. The zero-order valence-corrected chi connectivity index (χ0v) is 50.3. The molecule has 0 aliphatic carbocycles. The first-order chi connectivity index (χ1) is 41.8. The van der Waals surface area contributed by atoms with Crippen molar-refractivity contribution >= 4 is 63.5 Å². The Morgan fingerprint density at radius 3 is 2.09 bits per heavy atom. The molecule has 1 fully saturated rings. The number of pyridine rings is 1. The monoisotopic (exact) mass is 1180 g/mol. The van der Waals surface area contributed by atoms with Crippen LogP contribution in [0.2, 0.25) is 0 Å². The number of hydrogen-bond acceptors (Lipinski definition) is 12. The summed E-state index contributed by atoms with van der Waals surface area (Å²) in [6, 6.07) is 38.2. The molecule has 6 amide bonds. The van der Waals surface area contributed by atoms with Crippen molar-refractivity contribution in [2.24, 2.45) is 30.5 Å². The van der Waals surface area contributed by atoms with Crippen molar-refractivity contribution in [2.45, 2.75) is 79.3 Å². The van der Waals surface area contributed by atoms with Crippen molar-refractivity contribution in [3.8, 4) is 28.1 Å². The number of carbonyl (C=O) groups is 7. The first-order valence-corrected chi connectivity index (χ1v) is 29.5. The summed E-state index contributed by atoms with van der Waals surface area (Å²) in [6.45, 7) is 11.6. The zero-order chi connectivity index (χ0) is 62.3. The minimum atomic E-state index is -0.868. The quantitative estimate of drug-likeness (QED) is 0.00972. The van der Waals surface area contributed by atoms with Gasteiger partial charge in [0.15, 0.2) is 18.0 Å². The van der Waals surface area contributed by atoms with Gasteiger partial charge in [-0.05, 0) is 85.3 Å². The van der Waals surface area contributed by atoms with Gasteiger partial charge in [-0.1, -0.05) is 87.5 Å². The fourth-order valence-corrected chi connectivity index (χ4v) is 11.0. The molecule has 456 valence electrons. The molecule has 20 nitrogen and oxygen atoms in total. The van der Waals surface area contributed by atoms with Gasteiger partial charge in [-0.25, -0.2) is 9.48 Å². The van der Waals surface area contributed by atoms with Gasteiger partial charge < -0.3 is 41.6 Å². The third-order valence-corrected chi connectivity index (χ3v) is 15.7. The lowest BCUT2D eigenvalue weighted by molar-refractivity contribution is -0.668. The molecule has 7 N–H and O–H groups in total. The minimum absolute atomic E-state index is 0.00531. The lowest BCUT2D eigenvalue weighted by atomic mass is 9.89. The Kier molecular flexibility index (Phi) is 21.9. The van der Waals surface area contributed by atoms with E-state index in [-0.39, 0.29) is 136 Å². The number of nitrogens with one attached hydrogen (secondary N) is 3. The molecule has 1 unspecified atom stereocenters. The van der Waals surface area contributed by atoms with Crippen molar-refractivity contribution in [3.05, 3.63) is 166 Å². The van der Waals surface area contributed by atoms with Gasteiger partial charge in [0.1, 0.15) is 5.56 Å². The maximum absolute atomic E-state index is 14.8. The molecule has 87 heavy (non-hydrogen) atoms. The molecule has 0 radical (unpaired) electrons. The van der Waals surface area contributed by atoms with Crippen molar-refractivity contribution in [3.63, 3.8) is 0 Å². The number of urea groups is 1. The molecule has 5 aromatic carbocycles. The van der Waals surface area contributed by atoms with Crippen molar-refractivity contribution < 1.29 is 52.3 Å². The summed E-state index contributed by atoms with van der Waals surface area (Å²) in [5.41, 5.74) is 19.9. The van der Waals surface area contributed by atoms with E-state index < -0.39 is 29.3 Å². The van der Waals surface area contributed by atoms with Gasteiger partial charge in [0, 0.05) is 97.1 Å². The molecular weight excluding hydrogens is 1110 g/mol. The Labute approximate surface area is 506 Å². The number of carbonyl (C=O) groups excluding carboxylic acids is 7. The normalized spacial score (nSPS) is 13.9. The summed E-state index contributed by atoms with van der Waals surface area (Å²) in [6.07, 6.45) is 0.683. The van der Waals surface area contributed by atoms with Gasteiger partial charge in [0.25, 0.3) is 5.56 Å². The van der Waals surface area contributed by atoms with Crippen LogP contribution < -0.4 is 37.5 Å². The topological polar surface area (TPSA) is 269 Å². The maximum Gasteiger partial charge on any atom is 0.312 e. The van der Waals surface area contributed by atoms with E-state index in [1.807, 2.05) is 149 Å². The predicted octanol–water partition coefficient (Wildman–Crippen LogP) is 7.37. The van der Waals surface area contributed by atoms with Crippen LogP contribution in [0.25, 0.3) is 39.0 Å². The Hall–Kier alpha value is -9.11. The van der Waals surface area contributed by atoms with Crippen LogP contribution in [-0.2, 0) is 51.8 Å². The number of primary amides is 1. The van der Waals surface area contributed by atoms with Crippen LogP contribution in [0.4, 0.5) is 16.2 Å². The number of ketones is 2. The predicted molar refractivity (Wildman–Crippen MR) is 332 cm³/mol. The lowest BCUT2D eigenvalue weighted by Gasteiger charge is -2.24. The Balaban J connectivity index is 0.884. The molecule has 1 aliphatic rings. The molecule has 7 aromatic rings. The number of imide groups is 1. The number of anilines is 2. The number of benzene rings is 5. The fraction of sp³-hybridized carbons (Fsp3) is 0.358. The molecule has 1 saturated heterocycles. The van der Waals surface area contributed by atoms with E-state index in [9.17, 15) is 38.4 Å². The summed E-state index contributed by atoms with van der Waals surface area (Å²) in [5.74, 6) is -3.30. The molecule has 3 atom stereocenters. The number of nitrogens with two attached hydrogens (primary N) is 2. The van der Waals surface area contributed by atoms with Gasteiger partial charge >= 0.3 is 6.03 Å². The van der Waals surface area contributed by atoms with E-state index >= 15 is 0 Å². The second-order valence-electron chi connectivity index (χ2n) is 22.3. The molecule has 1 aliphatic heterocycles. The summed E-state index contributed by atoms with van der Waals surface area (Å²) in [4.78, 5) is 107. The van der Waals surface area contributed by atoms with Crippen LogP contribution in [-0.4, -0.2) is 114 Å².